The molecule has 1 aromatic heterocycles. The van der Waals surface area contributed by atoms with Gasteiger partial charge < -0.3 is 18.6 Å². The van der Waals surface area contributed by atoms with Gasteiger partial charge in [0.15, 0.2) is 16.9 Å². The monoisotopic (exact) mass is 591 g/mol. The molecule has 0 N–H and O–H groups in total. The summed E-state index contributed by atoms with van der Waals surface area (Å²) in [5.41, 5.74) is 1.65. The van der Waals surface area contributed by atoms with Crippen molar-refractivity contribution in [1.29, 1.82) is 0 Å². The summed E-state index contributed by atoms with van der Waals surface area (Å²) in [7, 11) is 3.15. The second-order valence-electron chi connectivity index (χ2n) is 9.41. The first-order valence-corrected chi connectivity index (χ1v) is 13.8. The van der Waals surface area contributed by atoms with E-state index >= 15 is 0 Å². The van der Waals surface area contributed by atoms with E-state index in [9.17, 15) is 9.59 Å². The van der Waals surface area contributed by atoms with E-state index in [0.717, 1.165) is 23.7 Å². The van der Waals surface area contributed by atoms with Crippen LogP contribution in [0.25, 0.3) is 11.0 Å². The Labute approximate surface area is 235 Å². The van der Waals surface area contributed by atoms with Crippen LogP contribution >= 0.6 is 15.9 Å². The zero-order chi connectivity index (χ0) is 27.5. The Bertz CT molecular complexity index is 1580. The van der Waals surface area contributed by atoms with Gasteiger partial charge in [-0.15, -0.1) is 0 Å². The number of rotatable bonds is 10. The quantitative estimate of drug-likeness (QED) is 0.180. The van der Waals surface area contributed by atoms with E-state index in [-0.39, 0.29) is 16.8 Å². The Balaban J connectivity index is 1.64. The molecule has 3 aromatic carbocycles. The van der Waals surface area contributed by atoms with E-state index in [2.05, 4.69) is 22.9 Å². The summed E-state index contributed by atoms with van der Waals surface area (Å²) in [5.74, 6) is 1.36. The molecule has 1 atom stereocenters. The van der Waals surface area contributed by atoms with Gasteiger partial charge in [-0.3, -0.25) is 14.5 Å². The average Bonchev–Trinajstić information content (AvgIpc) is 3.25. The zero-order valence-electron chi connectivity index (χ0n) is 22.2. The molecule has 8 heteroatoms. The van der Waals surface area contributed by atoms with Gasteiger partial charge >= 0.3 is 0 Å². The molecule has 5 rings (SSSR count). The molecule has 1 aliphatic rings. The van der Waals surface area contributed by atoms with Crippen molar-refractivity contribution in [3.8, 4) is 17.2 Å². The van der Waals surface area contributed by atoms with E-state index in [1.807, 2.05) is 24.3 Å². The number of carbonyl (C=O) groups is 1. The maximum atomic E-state index is 13.9. The second-order valence-corrected chi connectivity index (χ2v) is 10.3. The number of amides is 1. The molecule has 0 bridgehead atoms. The first-order chi connectivity index (χ1) is 19.0. The lowest BCUT2D eigenvalue weighted by Crippen LogP contribution is -2.29. The van der Waals surface area contributed by atoms with Crippen LogP contribution in [0.4, 0.5) is 5.69 Å². The molecule has 0 fully saturated rings. The molecule has 0 saturated heterocycles. The Kier molecular flexibility index (Phi) is 7.93. The normalized spacial score (nSPS) is 14.5. The lowest BCUT2D eigenvalue weighted by atomic mass is 9.97. The number of hydrogen-bond acceptors (Lipinski definition) is 6. The fourth-order valence-electron chi connectivity index (χ4n) is 4.97. The van der Waals surface area contributed by atoms with E-state index < -0.39 is 11.9 Å². The zero-order valence-corrected chi connectivity index (χ0v) is 23.7. The summed E-state index contributed by atoms with van der Waals surface area (Å²) < 4.78 is 23.9. The summed E-state index contributed by atoms with van der Waals surface area (Å²) in [6.45, 7) is 2.76. The van der Waals surface area contributed by atoms with Crippen LogP contribution in [0.1, 0.15) is 60.3 Å². The maximum Gasteiger partial charge on any atom is 0.295 e. The average molecular weight is 592 g/mol. The number of ether oxygens (including phenoxy) is 3. The van der Waals surface area contributed by atoms with E-state index in [0.29, 0.717) is 46.1 Å². The molecule has 0 spiro atoms. The van der Waals surface area contributed by atoms with Crippen LogP contribution in [0.5, 0.6) is 17.2 Å². The molecule has 1 unspecified atom stereocenters. The van der Waals surface area contributed by atoms with Crippen LogP contribution in [-0.4, -0.2) is 26.7 Å². The lowest BCUT2D eigenvalue weighted by Gasteiger charge is -2.26. The second kappa shape index (κ2) is 11.5. The van der Waals surface area contributed by atoms with Crippen LogP contribution in [0.2, 0.25) is 0 Å². The van der Waals surface area contributed by atoms with Crippen LogP contribution in [0.15, 0.2) is 74.3 Å². The van der Waals surface area contributed by atoms with Gasteiger partial charge in [0.25, 0.3) is 5.91 Å². The third kappa shape index (κ3) is 5.13. The molecule has 202 valence electrons. The molecule has 7 nitrogen and oxygen atoms in total. The van der Waals surface area contributed by atoms with Gasteiger partial charge in [-0.25, -0.2) is 0 Å². The molecule has 4 aromatic rings. The molecule has 0 saturated carbocycles. The van der Waals surface area contributed by atoms with Crippen LogP contribution in [0, 0.1) is 0 Å². The van der Waals surface area contributed by atoms with Gasteiger partial charge in [-0.2, -0.15) is 0 Å². The fraction of sp³-hybridized carbons (Fsp3) is 0.290. The van der Waals surface area contributed by atoms with Crippen molar-refractivity contribution in [1.82, 2.24) is 0 Å². The number of carbonyl (C=O) groups excluding carboxylic acids is 1. The Morgan fingerprint density at radius 1 is 0.923 bits per heavy atom. The van der Waals surface area contributed by atoms with Crippen molar-refractivity contribution < 1.29 is 23.4 Å². The number of unbranched alkanes of at least 4 members (excludes halogenated alkanes) is 3. The minimum atomic E-state index is -0.744. The third-order valence-electron chi connectivity index (χ3n) is 6.92. The van der Waals surface area contributed by atoms with Gasteiger partial charge in [-0.05, 0) is 54.4 Å². The van der Waals surface area contributed by atoms with Crippen molar-refractivity contribution in [3.63, 3.8) is 0 Å². The highest BCUT2D eigenvalue weighted by Gasteiger charge is 2.44. The number of fused-ring (bicyclic) bond motifs is 2. The molecular weight excluding hydrogens is 562 g/mol. The highest BCUT2D eigenvalue weighted by Crippen LogP contribution is 2.44. The van der Waals surface area contributed by atoms with Gasteiger partial charge in [0.1, 0.15) is 11.3 Å². The van der Waals surface area contributed by atoms with Crippen molar-refractivity contribution >= 4 is 38.5 Å². The predicted molar refractivity (Wildman–Crippen MR) is 154 cm³/mol. The van der Waals surface area contributed by atoms with Crippen LogP contribution in [-0.2, 0) is 0 Å². The van der Waals surface area contributed by atoms with Gasteiger partial charge in [0, 0.05) is 16.2 Å². The minimum absolute atomic E-state index is 0.0258. The van der Waals surface area contributed by atoms with Crippen molar-refractivity contribution in [2.45, 2.75) is 38.6 Å². The summed E-state index contributed by atoms with van der Waals surface area (Å²) >= 11 is 3.44. The summed E-state index contributed by atoms with van der Waals surface area (Å²) in [4.78, 5) is 29.4. The van der Waals surface area contributed by atoms with Crippen molar-refractivity contribution in [2.75, 3.05) is 25.7 Å². The first-order valence-electron chi connectivity index (χ1n) is 13.0. The topological polar surface area (TPSA) is 78.2 Å². The van der Waals surface area contributed by atoms with Gasteiger partial charge in [0.2, 0.25) is 5.76 Å². The molecule has 1 aliphatic heterocycles. The highest BCUT2D eigenvalue weighted by molar-refractivity contribution is 9.10. The van der Waals surface area contributed by atoms with Gasteiger partial charge in [0.05, 0.1) is 37.8 Å². The minimum Gasteiger partial charge on any atom is -0.497 e. The summed E-state index contributed by atoms with van der Waals surface area (Å²) in [6, 6.07) is 17.2. The molecule has 0 aliphatic carbocycles. The van der Waals surface area contributed by atoms with E-state index in [1.54, 1.807) is 55.5 Å². The summed E-state index contributed by atoms with van der Waals surface area (Å²) in [5, 5.41) is 0.396. The Morgan fingerprint density at radius 3 is 2.54 bits per heavy atom. The molecule has 1 amide bonds. The lowest BCUT2D eigenvalue weighted by molar-refractivity contribution is 0.0971. The number of methoxy groups -OCH3 is 2. The number of anilines is 1. The number of nitrogens with zero attached hydrogens (tertiary/aromatic N) is 1. The Morgan fingerprint density at radius 2 is 1.77 bits per heavy atom. The van der Waals surface area contributed by atoms with E-state index in [1.165, 1.54) is 6.42 Å². The van der Waals surface area contributed by atoms with Gasteiger partial charge in [-0.1, -0.05) is 54.2 Å². The highest BCUT2D eigenvalue weighted by atomic mass is 79.9. The summed E-state index contributed by atoms with van der Waals surface area (Å²) in [6.07, 6.45) is 4.38. The van der Waals surface area contributed by atoms with Crippen LogP contribution in [0.3, 0.4) is 0 Å². The van der Waals surface area contributed by atoms with E-state index in [4.69, 9.17) is 18.6 Å². The smallest absolute Gasteiger partial charge is 0.295 e. The predicted octanol–water partition coefficient (Wildman–Crippen LogP) is 7.28. The number of halogens is 1. The maximum absolute atomic E-state index is 13.9. The third-order valence-corrected chi connectivity index (χ3v) is 7.42. The fourth-order valence-corrected chi connectivity index (χ4v) is 5.33. The number of benzene rings is 3. The Hall–Kier alpha value is -3.78. The first kappa shape index (κ1) is 26.8. The molecule has 2 heterocycles. The number of hydrogen-bond donors (Lipinski definition) is 0. The SMILES string of the molecule is CCCCCCOc1ccc(C2c3c(oc4ccc(Br)cc4c3=O)C(=O)N2c2cccc(OC)c2)cc1OC. The molecule has 0 radical (unpaired) electrons. The molecular formula is C31H30BrNO6. The molecule has 39 heavy (non-hydrogen) atoms. The van der Waals surface area contributed by atoms with Crippen molar-refractivity contribution in [2.24, 2.45) is 0 Å². The van der Waals surface area contributed by atoms with Crippen molar-refractivity contribution in [3.05, 3.63) is 92.2 Å². The standard InChI is InChI=1S/C31H30BrNO6/c1-4-5-6-7-15-38-25-13-11-19(16-26(25)37-3)28-27-29(34)23-17-20(32)12-14-24(23)39-30(27)31(35)33(28)21-9-8-10-22(18-21)36-2/h8-14,16-18,28H,4-7,15H2,1-3H3. The largest absolute Gasteiger partial charge is 0.497 e. The van der Waals surface area contributed by atoms with Crippen LogP contribution < -0.4 is 24.5 Å².